The van der Waals surface area contributed by atoms with E-state index in [1.165, 1.54) is 48.1 Å². The lowest BCUT2D eigenvalue weighted by molar-refractivity contribution is 0.109. The lowest BCUT2D eigenvalue weighted by Crippen LogP contribution is -2.45. The van der Waals surface area contributed by atoms with Crippen LogP contribution in [0.3, 0.4) is 0 Å². The van der Waals surface area contributed by atoms with Crippen molar-refractivity contribution in [3.05, 3.63) is 94.0 Å². The summed E-state index contributed by atoms with van der Waals surface area (Å²) in [6, 6.07) is 20.5. The molecule has 0 saturated carbocycles. The van der Waals surface area contributed by atoms with E-state index in [4.69, 9.17) is 4.74 Å². The summed E-state index contributed by atoms with van der Waals surface area (Å²) in [5.74, 6) is 0.588. The molecule has 1 fully saturated rings. The van der Waals surface area contributed by atoms with Crippen molar-refractivity contribution >= 4 is 10.9 Å². The second kappa shape index (κ2) is 9.60. The number of piperidine rings is 1. The lowest BCUT2D eigenvalue weighted by Gasteiger charge is -2.39. The fraction of sp³-hybridized carbons (Fsp3) is 0.367. The van der Waals surface area contributed by atoms with Crippen LogP contribution in [-0.4, -0.2) is 51.7 Å². The normalized spacial score (nSPS) is 17.4. The molecule has 4 aromatic rings. The van der Waals surface area contributed by atoms with E-state index in [1.807, 2.05) is 42.6 Å². The molecule has 2 aliphatic heterocycles. The highest BCUT2D eigenvalue weighted by atomic mass is 16.5. The molecule has 36 heavy (non-hydrogen) atoms. The van der Waals surface area contributed by atoms with E-state index in [1.54, 1.807) is 10.6 Å². The number of hydrogen-bond acceptors (Lipinski definition) is 4. The predicted molar refractivity (Wildman–Crippen MR) is 144 cm³/mol. The largest absolute Gasteiger partial charge is 0.489 e. The third-order valence-electron chi connectivity index (χ3n) is 8.04. The Kier molecular flexibility index (Phi) is 6.15. The van der Waals surface area contributed by atoms with Crippen molar-refractivity contribution in [2.24, 2.45) is 7.05 Å². The zero-order chi connectivity index (χ0) is 24.6. The molecule has 186 valence electrons. The first kappa shape index (κ1) is 23.1. The number of nitrogens with zero attached hydrogens (tertiary/aromatic N) is 4. The second-order valence-corrected chi connectivity index (χ2v) is 10.3. The van der Waals surface area contributed by atoms with E-state index < -0.39 is 0 Å². The summed E-state index contributed by atoms with van der Waals surface area (Å²) in [5.41, 5.74) is 5.96. The van der Waals surface area contributed by atoms with Crippen LogP contribution in [0.15, 0.2) is 71.7 Å². The average Bonchev–Trinajstić information content (AvgIpc) is 3.19. The highest BCUT2D eigenvalue weighted by Crippen LogP contribution is 2.33. The number of pyridine rings is 1. The Morgan fingerprint density at radius 2 is 1.75 bits per heavy atom. The Hall–Kier alpha value is -3.35. The van der Waals surface area contributed by atoms with Gasteiger partial charge in [0.05, 0.1) is 11.2 Å². The quantitative estimate of drug-likeness (QED) is 0.424. The van der Waals surface area contributed by atoms with Crippen LogP contribution < -0.4 is 10.3 Å². The zero-order valence-electron chi connectivity index (χ0n) is 21.2. The first-order chi connectivity index (χ1) is 17.6. The Labute approximate surface area is 212 Å². The van der Waals surface area contributed by atoms with E-state index in [9.17, 15) is 4.79 Å². The van der Waals surface area contributed by atoms with Crippen LogP contribution in [-0.2, 0) is 26.6 Å². The maximum absolute atomic E-state index is 13.0. The monoisotopic (exact) mass is 482 g/mol. The fourth-order valence-corrected chi connectivity index (χ4v) is 5.91. The van der Waals surface area contributed by atoms with Crippen LogP contribution in [0.25, 0.3) is 16.6 Å². The molecule has 6 nitrogen and oxygen atoms in total. The molecule has 1 saturated heterocycles. The minimum atomic E-state index is -0.0904. The molecule has 0 unspecified atom stereocenters. The zero-order valence-corrected chi connectivity index (χ0v) is 21.2. The summed E-state index contributed by atoms with van der Waals surface area (Å²) < 4.78 is 9.89. The maximum atomic E-state index is 13.0. The molecule has 0 amide bonds. The first-order valence-electron chi connectivity index (χ1n) is 13.0. The van der Waals surface area contributed by atoms with Crippen molar-refractivity contribution in [1.29, 1.82) is 0 Å². The number of aromatic nitrogens is 2. The molecule has 0 aliphatic carbocycles. The standard InChI is InChI=1S/C30H34N4O2/c1-31-14-10-23(11-15-31)33-16-13-28-27(20-33)26-9-8-24(18-29(26)32(28)2)34-17-12-25(19-30(34)35)36-21-22-6-4-3-5-7-22/h3-9,12,17-19,23H,10-11,13-16,20-21H2,1-2H3. The van der Waals surface area contributed by atoms with E-state index in [0.29, 0.717) is 18.4 Å². The van der Waals surface area contributed by atoms with Crippen molar-refractivity contribution < 1.29 is 4.74 Å². The Bertz CT molecular complexity index is 1430. The summed E-state index contributed by atoms with van der Waals surface area (Å²) in [5, 5.41) is 1.31. The summed E-state index contributed by atoms with van der Waals surface area (Å²) in [6.07, 6.45) is 5.41. The minimum absolute atomic E-state index is 0.0904. The van der Waals surface area contributed by atoms with Gasteiger partial charge in [0.2, 0.25) is 0 Å². The van der Waals surface area contributed by atoms with Crippen molar-refractivity contribution in [2.45, 2.75) is 38.5 Å². The molecular weight excluding hydrogens is 448 g/mol. The SMILES string of the molecule is CN1CCC(N2CCc3c(c4ccc(-n5ccc(OCc6ccccc6)cc5=O)cc4n3C)C2)CC1. The number of hydrogen-bond donors (Lipinski definition) is 0. The molecule has 2 aromatic carbocycles. The topological polar surface area (TPSA) is 42.6 Å². The van der Waals surface area contributed by atoms with E-state index in [0.717, 1.165) is 30.8 Å². The highest BCUT2D eigenvalue weighted by molar-refractivity contribution is 5.87. The van der Waals surface area contributed by atoms with Crippen LogP contribution in [0.1, 0.15) is 29.7 Å². The van der Waals surface area contributed by atoms with Gasteiger partial charge < -0.3 is 14.2 Å². The van der Waals surface area contributed by atoms with Crippen LogP contribution in [0.5, 0.6) is 5.75 Å². The summed E-state index contributed by atoms with van der Waals surface area (Å²) >= 11 is 0. The molecule has 0 spiro atoms. The van der Waals surface area contributed by atoms with Gasteiger partial charge in [-0.05, 0) is 62.3 Å². The Balaban J connectivity index is 1.24. The molecule has 6 heteroatoms. The number of rotatable bonds is 5. The third kappa shape index (κ3) is 4.36. The molecule has 4 heterocycles. The Morgan fingerprint density at radius 1 is 0.944 bits per heavy atom. The highest BCUT2D eigenvalue weighted by Gasteiger charge is 2.29. The molecule has 0 N–H and O–H groups in total. The van der Waals surface area contributed by atoms with Gasteiger partial charge in [0, 0.05) is 55.9 Å². The molecule has 6 rings (SSSR count). The molecule has 2 aliphatic rings. The second-order valence-electron chi connectivity index (χ2n) is 10.3. The van der Waals surface area contributed by atoms with Crippen molar-refractivity contribution in [1.82, 2.24) is 18.9 Å². The number of likely N-dealkylation sites (tertiary alicyclic amines) is 1. The van der Waals surface area contributed by atoms with Gasteiger partial charge in [-0.15, -0.1) is 0 Å². The minimum Gasteiger partial charge on any atom is -0.489 e. The van der Waals surface area contributed by atoms with E-state index >= 15 is 0 Å². The van der Waals surface area contributed by atoms with E-state index in [-0.39, 0.29) is 5.56 Å². The van der Waals surface area contributed by atoms with Crippen molar-refractivity contribution in [2.75, 3.05) is 26.7 Å². The lowest BCUT2D eigenvalue weighted by atomic mass is 9.98. The van der Waals surface area contributed by atoms with Crippen LogP contribution in [0.2, 0.25) is 0 Å². The summed E-state index contributed by atoms with van der Waals surface area (Å²) in [6.45, 7) is 4.98. The number of fused-ring (bicyclic) bond motifs is 3. The van der Waals surface area contributed by atoms with E-state index in [2.05, 4.69) is 46.7 Å². The van der Waals surface area contributed by atoms with Crippen LogP contribution >= 0.6 is 0 Å². The third-order valence-corrected chi connectivity index (χ3v) is 8.04. The average molecular weight is 483 g/mol. The first-order valence-corrected chi connectivity index (χ1v) is 13.0. The smallest absolute Gasteiger partial charge is 0.258 e. The van der Waals surface area contributed by atoms with Crippen molar-refractivity contribution in [3.63, 3.8) is 0 Å². The molecule has 0 atom stereocenters. The maximum Gasteiger partial charge on any atom is 0.258 e. The molecule has 0 radical (unpaired) electrons. The van der Waals surface area contributed by atoms with Gasteiger partial charge in [0.15, 0.2) is 0 Å². The van der Waals surface area contributed by atoms with Gasteiger partial charge in [-0.2, -0.15) is 0 Å². The number of aryl methyl sites for hydroxylation is 1. The number of ether oxygens (including phenoxy) is 1. The van der Waals surface area contributed by atoms with Crippen LogP contribution in [0.4, 0.5) is 0 Å². The molecule has 0 bridgehead atoms. The van der Waals surface area contributed by atoms with Gasteiger partial charge in [0.25, 0.3) is 5.56 Å². The van der Waals surface area contributed by atoms with Crippen LogP contribution in [0, 0.1) is 0 Å². The van der Waals surface area contributed by atoms with Gasteiger partial charge in [0.1, 0.15) is 12.4 Å². The predicted octanol–water partition coefficient (Wildman–Crippen LogP) is 4.36. The van der Waals surface area contributed by atoms with Gasteiger partial charge in [-0.1, -0.05) is 36.4 Å². The van der Waals surface area contributed by atoms with Gasteiger partial charge in [-0.3, -0.25) is 14.3 Å². The number of benzene rings is 2. The fourth-order valence-electron chi connectivity index (χ4n) is 5.91. The Morgan fingerprint density at radius 3 is 2.53 bits per heavy atom. The van der Waals surface area contributed by atoms with Gasteiger partial charge in [-0.25, -0.2) is 0 Å². The molecule has 2 aromatic heterocycles. The molecular formula is C30H34N4O2. The van der Waals surface area contributed by atoms with Gasteiger partial charge >= 0.3 is 0 Å². The summed E-state index contributed by atoms with van der Waals surface area (Å²) in [4.78, 5) is 18.1. The van der Waals surface area contributed by atoms with Crippen molar-refractivity contribution in [3.8, 4) is 11.4 Å². The summed E-state index contributed by atoms with van der Waals surface area (Å²) in [7, 11) is 4.39.